The fourth-order valence-corrected chi connectivity index (χ4v) is 11.7. The first kappa shape index (κ1) is 87.3. The van der Waals surface area contributed by atoms with Crippen molar-refractivity contribution in [3.63, 3.8) is 0 Å². The number of nitrogens with zero attached hydrogens (tertiary/aromatic N) is 9. The number of azide groups is 1. The van der Waals surface area contributed by atoms with E-state index in [9.17, 15) is 34.5 Å². The second-order valence-electron chi connectivity index (χ2n) is 26.3. The average Bonchev–Trinajstić information content (AvgIpc) is 3.62. The van der Waals surface area contributed by atoms with Gasteiger partial charge in [-0.3, -0.25) is 14.4 Å². The Morgan fingerprint density at radius 1 is 0.433 bits per heavy atom. The summed E-state index contributed by atoms with van der Waals surface area (Å²) >= 11 is 0. The van der Waals surface area contributed by atoms with E-state index in [1.165, 1.54) is 167 Å². The van der Waals surface area contributed by atoms with Crippen molar-refractivity contribution in [3.8, 4) is 0 Å². The van der Waals surface area contributed by atoms with Gasteiger partial charge in [-0.2, -0.15) is 0 Å². The highest BCUT2D eigenvalue weighted by atomic mass is 16.2. The monoisotopic (exact) mass is 1260 g/mol. The smallest absolute Gasteiger partial charge is 0.376 e. The van der Waals surface area contributed by atoms with Crippen LogP contribution >= 0.6 is 0 Å². The lowest BCUT2D eigenvalue weighted by atomic mass is 9.83. The number of rotatable bonds is 67. The van der Waals surface area contributed by atoms with Crippen LogP contribution in [0.2, 0.25) is 27.3 Å². The first-order valence-electron chi connectivity index (χ1n) is 36.8. The highest BCUT2D eigenvalue weighted by Gasteiger charge is 2.23. The molecule has 0 unspecified atom stereocenters. The van der Waals surface area contributed by atoms with Gasteiger partial charge in [-0.25, -0.2) is 0 Å². The second kappa shape index (κ2) is 63.7. The number of carbonyl (C=O) groups excluding carboxylic acids is 3. The van der Waals surface area contributed by atoms with E-state index in [-0.39, 0.29) is 11.8 Å². The van der Waals surface area contributed by atoms with E-state index in [0.717, 1.165) is 77.0 Å². The molecule has 0 aromatic carbocycles. The average molecular weight is 1260 g/mol. The van der Waals surface area contributed by atoms with Crippen LogP contribution in [0, 0.1) is 5.92 Å². The molecule has 0 aliphatic carbocycles. The molecule has 0 fully saturated rings. The van der Waals surface area contributed by atoms with Crippen LogP contribution in [-0.2, 0) is 4.79 Å². The Morgan fingerprint density at radius 2 is 0.756 bits per heavy atom. The third-order valence-electron chi connectivity index (χ3n) is 18.0. The van der Waals surface area contributed by atoms with Gasteiger partial charge in [0.1, 0.15) is 0 Å². The van der Waals surface area contributed by atoms with Gasteiger partial charge in [0.25, 0.3) is 0 Å². The third-order valence-corrected chi connectivity index (χ3v) is 18.0. The van der Waals surface area contributed by atoms with E-state index >= 15 is 0 Å². The predicted molar refractivity (Wildman–Crippen MR) is 387 cm³/mol. The minimum Gasteiger partial charge on any atom is -0.437 e. The van der Waals surface area contributed by atoms with Gasteiger partial charge < -0.3 is 54.5 Å². The Labute approximate surface area is 556 Å². The van der Waals surface area contributed by atoms with Crippen LogP contribution in [0.1, 0.15) is 263 Å². The topological polar surface area (TPSA) is 212 Å². The molecule has 0 aromatic heterocycles. The first-order chi connectivity index (χ1) is 43.5. The second-order valence-corrected chi connectivity index (χ2v) is 26.3. The normalized spacial score (nSPS) is 11.8. The van der Waals surface area contributed by atoms with Gasteiger partial charge in [0.05, 0.1) is 0 Å². The summed E-state index contributed by atoms with van der Waals surface area (Å²) in [5, 5.41) is 47.3. The lowest BCUT2D eigenvalue weighted by Gasteiger charge is -2.32. The van der Waals surface area contributed by atoms with Crippen LogP contribution in [0.25, 0.3) is 10.4 Å². The molecule has 0 saturated heterocycles. The summed E-state index contributed by atoms with van der Waals surface area (Å²) in [7, 11) is 13.4. The van der Waals surface area contributed by atoms with Gasteiger partial charge in [0, 0.05) is 50.6 Å². The summed E-state index contributed by atoms with van der Waals surface area (Å²) < 4.78 is 0. The predicted octanol–water partition coefficient (Wildman–Crippen LogP) is 14.2. The lowest BCUT2D eigenvalue weighted by Crippen LogP contribution is -2.43. The zero-order chi connectivity index (χ0) is 66.5. The van der Waals surface area contributed by atoms with Crippen LogP contribution in [0.15, 0.2) is 29.4 Å². The van der Waals surface area contributed by atoms with Gasteiger partial charge >= 0.3 is 28.2 Å². The molecule has 17 nitrogen and oxygen atoms in total. The Bertz CT molecular complexity index is 1720. The van der Waals surface area contributed by atoms with Gasteiger partial charge in [0.2, 0.25) is 21.6 Å². The summed E-state index contributed by atoms with van der Waals surface area (Å²) in [6, 6.07) is 0. The zero-order valence-corrected chi connectivity index (χ0v) is 58.9. The van der Waals surface area contributed by atoms with Crippen molar-refractivity contribution in [1.29, 1.82) is 0 Å². The summed E-state index contributed by atoms with van der Waals surface area (Å²) in [6.45, 7) is 14.1. The SMILES string of the molecule is [B]C(=O)N(CCCCN(CCCN(C)B(C)O)B(C)O)CC(CCCCCCNC(=O)CCCCCCCCCC/C=C/CCCCCCCCCC/C=C\CCCCCCCCCCCN=[N+]=[N-])CN(CCCCN(CCCN(C)B(C)O)B(C)O)C([B])=O. The first-order valence-corrected chi connectivity index (χ1v) is 36.8. The fourth-order valence-electron chi connectivity index (χ4n) is 11.7. The number of unbranched alkanes of at least 4 members (excludes halogenated alkanes) is 31. The molecule has 0 saturated carbocycles. The minimum atomic E-state index is -0.620. The highest BCUT2D eigenvalue weighted by Crippen LogP contribution is 2.19. The quantitative estimate of drug-likeness (QED) is 0.00965. The largest absolute Gasteiger partial charge is 0.437 e. The number of hydrogen-bond donors (Lipinski definition) is 5. The molecular weight excluding hydrogens is 1120 g/mol. The Morgan fingerprint density at radius 3 is 1.11 bits per heavy atom. The van der Waals surface area contributed by atoms with Crippen molar-refractivity contribution in [2.24, 2.45) is 11.0 Å². The van der Waals surface area contributed by atoms with E-state index in [2.05, 4.69) is 39.6 Å². The van der Waals surface area contributed by atoms with Gasteiger partial charge in [-0.1, -0.05) is 171 Å². The number of nitrogens with one attached hydrogen (secondary N) is 1. The summed E-state index contributed by atoms with van der Waals surface area (Å²) in [5.74, 6) is -0.929. The van der Waals surface area contributed by atoms with E-state index < -0.39 is 39.8 Å². The Kier molecular flexibility index (Phi) is 61.7. The molecule has 0 spiro atoms. The van der Waals surface area contributed by atoms with E-state index in [1.54, 1.807) is 37.1 Å². The number of hydrogen-bond acceptors (Lipinski definition) is 12. The Hall–Kier alpha value is -2.73. The molecule has 0 bridgehead atoms. The van der Waals surface area contributed by atoms with Crippen LogP contribution in [-0.4, -0.2) is 203 Å². The maximum absolute atomic E-state index is 12.9. The van der Waals surface area contributed by atoms with Crippen LogP contribution < -0.4 is 5.32 Å². The van der Waals surface area contributed by atoms with Crippen LogP contribution in [0.5, 0.6) is 0 Å². The summed E-state index contributed by atoms with van der Waals surface area (Å²) in [5.41, 5.74) is 8.31. The van der Waals surface area contributed by atoms with Gasteiger partial charge in [-0.15, -0.1) is 0 Å². The van der Waals surface area contributed by atoms with Gasteiger partial charge in [0.15, 0.2) is 11.6 Å². The lowest BCUT2D eigenvalue weighted by molar-refractivity contribution is -0.121. The van der Waals surface area contributed by atoms with Gasteiger partial charge in [-0.05, 0) is 208 Å². The van der Waals surface area contributed by atoms with Crippen molar-refractivity contribution in [2.75, 3.05) is 92.6 Å². The minimum absolute atomic E-state index is 0.0511. The van der Waals surface area contributed by atoms with Crippen molar-refractivity contribution in [3.05, 3.63) is 34.7 Å². The summed E-state index contributed by atoms with van der Waals surface area (Å²) in [6.07, 6.45) is 56.2. The van der Waals surface area contributed by atoms with Crippen molar-refractivity contribution < 1.29 is 34.5 Å². The molecule has 90 heavy (non-hydrogen) atoms. The molecule has 23 heteroatoms. The van der Waals surface area contributed by atoms with Crippen molar-refractivity contribution >= 4 is 61.4 Å². The molecular formula is C67H134B6N10O7. The van der Waals surface area contributed by atoms with Crippen molar-refractivity contribution in [2.45, 2.75) is 291 Å². The standard InChI is InChI=1S/C67H134B6N10O7/c1-70(87)78(5)54-48-60-82(72(3)89)58-46-44-56-80(66(68)85)62-64(63-81(67(69)86)57-45-47-59-83(73(4)90)61-49-55-79(6)71(2)88)50-40-37-39-42-52-75-65(84)51-41-36-34-32-30-28-26-24-22-20-18-16-14-12-10-8-7-9-11-13-15-17-19-21-23-25-27-29-31-33-35-38-43-53-76-77-74/h17-20,64,87-90H,7-16,21-63H2,1-6H3,(H,75,84)/b19-17-,20-18+. The fraction of sp³-hybridized carbons (Fsp3) is 0.896. The number of amides is 3. The molecule has 512 valence electrons. The molecule has 0 atom stereocenters. The zero-order valence-electron chi connectivity index (χ0n) is 58.9. The third kappa shape index (κ3) is 56.8. The van der Waals surface area contributed by atoms with E-state index in [4.69, 9.17) is 21.2 Å². The molecule has 5 N–H and O–H groups in total. The van der Waals surface area contributed by atoms with Crippen LogP contribution in [0.4, 0.5) is 9.59 Å². The maximum atomic E-state index is 12.9. The maximum Gasteiger partial charge on any atom is 0.376 e. The molecule has 4 radical (unpaired) electrons. The number of allylic oxidation sites excluding steroid dienone is 4. The molecule has 0 aromatic rings. The number of carbonyl (C=O) groups is 3. The summed E-state index contributed by atoms with van der Waals surface area (Å²) in [4.78, 5) is 52.3. The van der Waals surface area contributed by atoms with E-state index in [0.29, 0.717) is 97.8 Å². The molecule has 0 aliphatic rings. The van der Waals surface area contributed by atoms with Crippen molar-refractivity contribution in [1.82, 2.24) is 34.4 Å². The van der Waals surface area contributed by atoms with Crippen LogP contribution in [0.3, 0.4) is 0 Å². The molecule has 0 aliphatic heterocycles. The van der Waals surface area contributed by atoms with E-state index in [1.807, 2.05) is 33.3 Å². The highest BCUT2D eigenvalue weighted by molar-refractivity contribution is 6.57. The molecule has 0 rings (SSSR count). The molecule has 0 heterocycles. The molecule has 3 amide bonds. The Balaban J connectivity index is 4.43.